The summed E-state index contributed by atoms with van der Waals surface area (Å²) in [7, 11) is 1.75. The van der Waals surface area contributed by atoms with Crippen LogP contribution in [0.1, 0.15) is 31.4 Å². The maximum absolute atomic E-state index is 5.49. The zero-order valence-corrected chi connectivity index (χ0v) is 14.8. The lowest BCUT2D eigenvalue weighted by molar-refractivity contribution is 0.211. The van der Waals surface area contributed by atoms with Crippen LogP contribution in [0.2, 0.25) is 0 Å². The molecule has 3 heteroatoms. The Bertz CT molecular complexity index is 730. The number of hydrogen-bond donors (Lipinski definition) is 0. The van der Waals surface area contributed by atoms with Gasteiger partial charge in [0.25, 0.3) is 0 Å². The summed E-state index contributed by atoms with van der Waals surface area (Å²) in [5.41, 5.74) is 4.40. The van der Waals surface area contributed by atoms with Gasteiger partial charge in [0.1, 0.15) is 5.75 Å². The van der Waals surface area contributed by atoms with Crippen molar-refractivity contribution in [2.75, 3.05) is 25.1 Å². The van der Waals surface area contributed by atoms with Crippen LogP contribution in [-0.2, 0) is 12.0 Å². The maximum atomic E-state index is 5.49. The maximum Gasteiger partial charge on any atom is 0.119 e. The van der Waals surface area contributed by atoms with Crippen LogP contribution in [-0.4, -0.2) is 31.3 Å². The normalized spacial score (nSPS) is 25.6. The Labute approximate surface area is 144 Å². The van der Waals surface area contributed by atoms with Crippen LogP contribution < -0.4 is 9.64 Å². The second-order valence-electron chi connectivity index (χ2n) is 7.17. The van der Waals surface area contributed by atoms with E-state index in [1.54, 1.807) is 7.11 Å². The minimum Gasteiger partial charge on any atom is -0.497 e. The van der Waals surface area contributed by atoms with Crippen LogP contribution in [0.4, 0.5) is 5.69 Å². The molecule has 0 radical (unpaired) electrons. The second kappa shape index (κ2) is 5.82. The Kier molecular flexibility index (Phi) is 3.76. The molecule has 2 heterocycles. The molecule has 0 saturated carbocycles. The van der Waals surface area contributed by atoms with Gasteiger partial charge in [0, 0.05) is 30.7 Å². The molecule has 2 aromatic carbocycles. The predicted octanol–water partition coefficient (Wildman–Crippen LogP) is 4.02. The Balaban J connectivity index is 1.71. The average Bonchev–Trinajstić information content (AvgIpc) is 3.07. The van der Waals surface area contributed by atoms with E-state index in [0.717, 1.165) is 25.4 Å². The highest BCUT2D eigenvalue weighted by molar-refractivity contribution is 5.66. The molecule has 4 rings (SSSR count). The van der Waals surface area contributed by atoms with Gasteiger partial charge in [-0.25, -0.2) is 0 Å². The number of likely N-dealkylation sites (N-methyl/N-ethyl adjacent to an activating group) is 1. The molecular formula is C21H26N2O. The molecule has 0 spiro atoms. The summed E-state index contributed by atoms with van der Waals surface area (Å²) in [6.07, 6.45) is 1.63. The molecule has 2 atom stereocenters. The van der Waals surface area contributed by atoms with Crippen molar-refractivity contribution in [1.29, 1.82) is 0 Å². The summed E-state index contributed by atoms with van der Waals surface area (Å²) in [4.78, 5) is 5.22. The van der Waals surface area contributed by atoms with Crippen LogP contribution in [0.5, 0.6) is 5.75 Å². The largest absolute Gasteiger partial charge is 0.497 e. The molecular weight excluding hydrogens is 296 g/mol. The number of methoxy groups -OCH3 is 1. The van der Waals surface area contributed by atoms with E-state index in [4.69, 9.17) is 4.74 Å². The molecule has 3 nitrogen and oxygen atoms in total. The minimum absolute atomic E-state index is 0.175. The lowest BCUT2D eigenvalue weighted by atomic mass is 9.81. The average molecular weight is 322 g/mol. The van der Waals surface area contributed by atoms with E-state index in [1.165, 1.54) is 23.2 Å². The highest BCUT2D eigenvalue weighted by atomic mass is 16.5. The smallest absolute Gasteiger partial charge is 0.119 e. The summed E-state index contributed by atoms with van der Waals surface area (Å²) in [6.45, 7) is 7.88. The van der Waals surface area contributed by atoms with Crippen molar-refractivity contribution in [2.45, 2.75) is 38.4 Å². The third-order valence-corrected chi connectivity index (χ3v) is 5.83. The first-order chi connectivity index (χ1) is 11.7. The van der Waals surface area contributed by atoms with Gasteiger partial charge in [-0.15, -0.1) is 0 Å². The predicted molar refractivity (Wildman–Crippen MR) is 98.6 cm³/mol. The highest BCUT2D eigenvalue weighted by Crippen LogP contribution is 2.52. The first-order valence-corrected chi connectivity index (χ1v) is 8.90. The van der Waals surface area contributed by atoms with Crippen LogP contribution in [0, 0.1) is 0 Å². The lowest BCUT2D eigenvalue weighted by Crippen LogP contribution is -2.48. The number of fused-ring (bicyclic) bond motifs is 3. The number of ether oxygens (including phenoxy) is 1. The molecule has 126 valence electrons. The number of anilines is 1. The minimum atomic E-state index is 0.175. The van der Waals surface area contributed by atoms with E-state index >= 15 is 0 Å². The van der Waals surface area contributed by atoms with Gasteiger partial charge in [-0.2, -0.15) is 0 Å². The fourth-order valence-corrected chi connectivity index (χ4v) is 4.65. The number of hydrogen-bond acceptors (Lipinski definition) is 3. The van der Waals surface area contributed by atoms with E-state index in [0.29, 0.717) is 6.17 Å². The number of likely N-dealkylation sites (tertiary alicyclic amines) is 1. The van der Waals surface area contributed by atoms with Crippen molar-refractivity contribution in [3.63, 3.8) is 0 Å². The van der Waals surface area contributed by atoms with Gasteiger partial charge in [0.15, 0.2) is 0 Å². The molecule has 2 aromatic rings. The van der Waals surface area contributed by atoms with E-state index < -0.39 is 0 Å². The molecule has 1 fully saturated rings. The summed E-state index contributed by atoms with van der Waals surface area (Å²) in [5.74, 6) is 0.966. The third kappa shape index (κ3) is 2.22. The van der Waals surface area contributed by atoms with Crippen molar-refractivity contribution >= 4 is 5.69 Å². The number of nitrogens with zero attached hydrogens (tertiary/aromatic N) is 2. The molecule has 24 heavy (non-hydrogen) atoms. The van der Waals surface area contributed by atoms with Crippen LogP contribution in [0.3, 0.4) is 0 Å². The molecule has 0 amide bonds. The third-order valence-electron chi connectivity index (χ3n) is 5.83. The Morgan fingerprint density at radius 2 is 1.96 bits per heavy atom. The molecule has 2 aliphatic heterocycles. The van der Waals surface area contributed by atoms with Crippen molar-refractivity contribution in [1.82, 2.24) is 4.90 Å². The summed E-state index contributed by atoms with van der Waals surface area (Å²) >= 11 is 0. The Hall–Kier alpha value is -2.00. The fraction of sp³-hybridized carbons (Fsp3) is 0.429. The fourth-order valence-electron chi connectivity index (χ4n) is 4.65. The monoisotopic (exact) mass is 322 g/mol. The Morgan fingerprint density at radius 3 is 2.67 bits per heavy atom. The molecule has 2 aliphatic rings. The number of rotatable bonds is 4. The van der Waals surface area contributed by atoms with Gasteiger partial charge < -0.3 is 9.64 Å². The molecule has 0 N–H and O–H groups in total. The van der Waals surface area contributed by atoms with Crippen molar-refractivity contribution in [2.24, 2.45) is 0 Å². The highest BCUT2D eigenvalue weighted by Gasteiger charge is 2.53. The summed E-state index contributed by atoms with van der Waals surface area (Å²) < 4.78 is 5.49. The SMILES string of the molecule is CCN1c2ccc(OC)cc2[C@@]2(C)CCN(Cc3ccccc3)C12. The van der Waals surface area contributed by atoms with Crippen molar-refractivity contribution in [3.8, 4) is 5.75 Å². The van der Waals surface area contributed by atoms with Crippen molar-refractivity contribution in [3.05, 3.63) is 59.7 Å². The summed E-state index contributed by atoms with van der Waals surface area (Å²) in [5, 5.41) is 0. The van der Waals surface area contributed by atoms with Gasteiger partial charge in [0.05, 0.1) is 13.3 Å². The van der Waals surface area contributed by atoms with E-state index in [1.807, 2.05) is 0 Å². The molecule has 1 saturated heterocycles. The molecule has 0 bridgehead atoms. The molecule has 0 aromatic heterocycles. The van der Waals surface area contributed by atoms with Gasteiger partial charge in [0.2, 0.25) is 0 Å². The van der Waals surface area contributed by atoms with Crippen LogP contribution in [0.15, 0.2) is 48.5 Å². The van der Waals surface area contributed by atoms with Crippen LogP contribution >= 0.6 is 0 Å². The zero-order valence-electron chi connectivity index (χ0n) is 14.8. The van der Waals surface area contributed by atoms with E-state index in [9.17, 15) is 0 Å². The Morgan fingerprint density at radius 1 is 1.17 bits per heavy atom. The number of benzene rings is 2. The molecule has 1 unspecified atom stereocenters. The lowest BCUT2D eigenvalue weighted by Gasteiger charge is -2.36. The second-order valence-corrected chi connectivity index (χ2v) is 7.17. The van der Waals surface area contributed by atoms with Gasteiger partial charge in [-0.3, -0.25) is 4.90 Å². The standard InChI is InChI=1S/C21H26N2O/c1-4-23-19-11-10-17(24-3)14-18(19)21(2)12-13-22(20(21)23)15-16-8-6-5-7-9-16/h5-11,14,20H,4,12-13,15H2,1-3H3/t20?,21-/m1/s1. The summed E-state index contributed by atoms with van der Waals surface area (Å²) in [6, 6.07) is 17.4. The first-order valence-electron chi connectivity index (χ1n) is 8.90. The zero-order chi connectivity index (χ0) is 16.7. The van der Waals surface area contributed by atoms with E-state index in [2.05, 4.69) is 72.2 Å². The van der Waals surface area contributed by atoms with Gasteiger partial charge in [-0.1, -0.05) is 37.3 Å². The topological polar surface area (TPSA) is 15.7 Å². The van der Waals surface area contributed by atoms with Gasteiger partial charge >= 0.3 is 0 Å². The molecule has 0 aliphatic carbocycles. The quantitative estimate of drug-likeness (QED) is 0.845. The van der Waals surface area contributed by atoms with Crippen molar-refractivity contribution < 1.29 is 4.74 Å². The van der Waals surface area contributed by atoms with Gasteiger partial charge in [-0.05, 0) is 42.7 Å². The van der Waals surface area contributed by atoms with Crippen LogP contribution in [0.25, 0.3) is 0 Å². The van der Waals surface area contributed by atoms with E-state index in [-0.39, 0.29) is 5.41 Å². The first kappa shape index (κ1) is 15.5.